The van der Waals surface area contributed by atoms with Crippen molar-refractivity contribution >= 4 is 0 Å². The summed E-state index contributed by atoms with van der Waals surface area (Å²) in [5, 5.41) is 0. The smallest absolute Gasteiger partial charge is 0.0513 e. The summed E-state index contributed by atoms with van der Waals surface area (Å²) in [6.45, 7) is 4.62. The molecule has 1 heteroatoms. The van der Waals surface area contributed by atoms with Crippen LogP contribution >= 0.6 is 0 Å². The SMILES string of the molecule is CCCCC(CCC)C1c2ccccc2CCc2cccnc21. The van der Waals surface area contributed by atoms with Gasteiger partial charge < -0.3 is 0 Å². The van der Waals surface area contributed by atoms with Crippen LogP contribution in [0.3, 0.4) is 0 Å². The number of fused-ring (bicyclic) bond motifs is 2. The van der Waals surface area contributed by atoms with Gasteiger partial charge in [-0.1, -0.05) is 63.4 Å². The van der Waals surface area contributed by atoms with Crippen molar-refractivity contribution in [3.05, 3.63) is 65.0 Å². The molecule has 2 unspecified atom stereocenters. The molecule has 0 fully saturated rings. The van der Waals surface area contributed by atoms with Crippen molar-refractivity contribution in [1.29, 1.82) is 0 Å². The predicted octanol–water partition coefficient (Wildman–Crippen LogP) is 5.92. The van der Waals surface area contributed by atoms with E-state index in [-0.39, 0.29) is 0 Å². The van der Waals surface area contributed by atoms with E-state index in [9.17, 15) is 0 Å². The van der Waals surface area contributed by atoms with Crippen LogP contribution in [0.15, 0.2) is 42.6 Å². The van der Waals surface area contributed by atoms with Crippen LogP contribution in [0, 0.1) is 5.92 Å². The third-order valence-corrected chi connectivity index (χ3v) is 5.33. The van der Waals surface area contributed by atoms with Crippen LogP contribution in [0.25, 0.3) is 0 Å². The minimum Gasteiger partial charge on any atom is -0.260 e. The molecule has 23 heavy (non-hydrogen) atoms. The number of pyridine rings is 1. The van der Waals surface area contributed by atoms with Crippen molar-refractivity contribution in [2.75, 3.05) is 0 Å². The molecule has 2 atom stereocenters. The molecule has 1 aliphatic carbocycles. The fourth-order valence-electron chi connectivity index (χ4n) is 4.22. The van der Waals surface area contributed by atoms with Crippen molar-refractivity contribution in [1.82, 2.24) is 4.98 Å². The molecule has 0 N–H and O–H groups in total. The Morgan fingerprint density at radius 1 is 0.957 bits per heavy atom. The van der Waals surface area contributed by atoms with Gasteiger partial charge in [-0.15, -0.1) is 0 Å². The van der Waals surface area contributed by atoms with Gasteiger partial charge in [0.1, 0.15) is 0 Å². The number of benzene rings is 1. The first-order chi connectivity index (χ1) is 11.3. The zero-order chi connectivity index (χ0) is 16.1. The summed E-state index contributed by atoms with van der Waals surface area (Å²) in [5.74, 6) is 1.20. The minimum absolute atomic E-state index is 0.483. The van der Waals surface area contributed by atoms with Gasteiger partial charge in [-0.05, 0) is 54.4 Å². The molecule has 1 aromatic heterocycles. The Balaban J connectivity index is 2.08. The average Bonchev–Trinajstić information content (AvgIpc) is 2.76. The lowest BCUT2D eigenvalue weighted by atomic mass is 9.77. The van der Waals surface area contributed by atoms with Crippen molar-refractivity contribution in [3.63, 3.8) is 0 Å². The number of hydrogen-bond donors (Lipinski definition) is 0. The lowest BCUT2D eigenvalue weighted by Gasteiger charge is -2.28. The Hall–Kier alpha value is -1.63. The standard InChI is InChI=1S/C22H29N/c1-3-5-10-18(9-4-2)21-20-13-7-6-11-17(20)14-15-19-12-8-16-23-22(19)21/h6-8,11-13,16,18,21H,3-5,9-10,14-15H2,1-2H3. The Labute approximate surface area is 141 Å². The highest BCUT2D eigenvalue weighted by Gasteiger charge is 2.30. The number of nitrogens with zero attached hydrogens (tertiary/aromatic N) is 1. The summed E-state index contributed by atoms with van der Waals surface area (Å²) in [4.78, 5) is 4.87. The Morgan fingerprint density at radius 2 is 1.74 bits per heavy atom. The number of unbranched alkanes of at least 4 members (excludes halogenated alkanes) is 1. The second kappa shape index (κ2) is 7.77. The lowest BCUT2D eigenvalue weighted by Crippen LogP contribution is -2.17. The van der Waals surface area contributed by atoms with Crippen LogP contribution in [-0.2, 0) is 12.8 Å². The summed E-state index contributed by atoms with van der Waals surface area (Å²) in [6.07, 6.45) is 10.8. The van der Waals surface area contributed by atoms with Gasteiger partial charge in [0.2, 0.25) is 0 Å². The van der Waals surface area contributed by atoms with Crippen LogP contribution in [0.4, 0.5) is 0 Å². The fraction of sp³-hybridized carbons (Fsp3) is 0.500. The van der Waals surface area contributed by atoms with E-state index in [0.29, 0.717) is 11.8 Å². The molecule has 1 nitrogen and oxygen atoms in total. The summed E-state index contributed by atoms with van der Waals surface area (Å²) in [7, 11) is 0. The third kappa shape index (κ3) is 3.49. The Morgan fingerprint density at radius 3 is 2.57 bits per heavy atom. The molecule has 2 aromatic rings. The molecule has 0 spiro atoms. The van der Waals surface area contributed by atoms with Gasteiger partial charge >= 0.3 is 0 Å². The van der Waals surface area contributed by atoms with Gasteiger partial charge in [0.25, 0.3) is 0 Å². The first-order valence-electron chi connectivity index (χ1n) is 9.36. The van der Waals surface area contributed by atoms with E-state index in [1.807, 2.05) is 6.20 Å². The number of aromatic nitrogens is 1. The second-order valence-corrected chi connectivity index (χ2v) is 6.92. The molecule has 3 rings (SSSR count). The molecule has 0 bridgehead atoms. The van der Waals surface area contributed by atoms with Crippen molar-refractivity contribution < 1.29 is 0 Å². The van der Waals surface area contributed by atoms with Crippen molar-refractivity contribution in [3.8, 4) is 0 Å². The van der Waals surface area contributed by atoms with Gasteiger partial charge in [0.05, 0.1) is 5.69 Å². The molecule has 0 saturated heterocycles. The van der Waals surface area contributed by atoms with Crippen LogP contribution < -0.4 is 0 Å². The first-order valence-corrected chi connectivity index (χ1v) is 9.36. The zero-order valence-electron chi connectivity index (χ0n) is 14.6. The van der Waals surface area contributed by atoms with Crippen LogP contribution in [0.5, 0.6) is 0 Å². The molecule has 1 aliphatic rings. The molecule has 0 saturated carbocycles. The number of rotatable bonds is 6. The normalized spacial score (nSPS) is 17.9. The Kier molecular flexibility index (Phi) is 5.48. The average molecular weight is 307 g/mol. The molecular formula is C22H29N. The van der Waals surface area contributed by atoms with E-state index in [1.54, 1.807) is 5.56 Å². The summed E-state index contributed by atoms with van der Waals surface area (Å²) < 4.78 is 0. The molecular weight excluding hydrogens is 278 g/mol. The van der Waals surface area contributed by atoms with Gasteiger partial charge in [-0.25, -0.2) is 0 Å². The van der Waals surface area contributed by atoms with Gasteiger partial charge in [-0.3, -0.25) is 4.98 Å². The molecule has 0 radical (unpaired) electrons. The maximum Gasteiger partial charge on any atom is 0.0513 e. The fourth-order valence-corrected chi connectivity index (χ4v) is 4.22. The summed E-state index contributed by atoms with van der Waals surface area (Å²) in [6, 6.07) is 13.5. The van der Waals surface area contributed by atoms with E-state index < -0.39 is 0 Å². The highest BCUT2D eigenvalue weighted by molar-refractivity contribution is 5.42. The largest absolute Gasteiger partial charge is 0.260 e. The molecule has 1 heterocycles. The topological polar surface area (TPSA) is 12.9 Å². The lowest BCUT2D eigenvalue weighted by molar-refractivity contribution is 0.382. The third-order valence-electron chi connectivity index (χ3n) is 5.33. The maximum absolute atomic E-state index is 4.87. The highest BCUT2D eigenvalue weighted by Crippen LogP contribution is 2.41. The van der Waals surface area contributed by atoms with Crippen LogP contribution in [-0.4, -0.2) is 4.98 Å². The molecule has 0 aliphatic heterocycles. The van der Waals surface area contributed by atoms with Gasteiger partial charge in [0.15, 0.2) is 0 Å². The zero-order valence-corrected chi connectivity index (χ0v) is 14.6. The van der Waals surface area contributed by atoms with Crippen LogP contribution in [0.1, 0.15) is 74.3 Å². The number of hydrogen-bond acceptors (Lipinski definition) is 1. The van der Waals surface area contributed by atoms with Gasteiger partial charge in [-0.2, -0.15) is 0 Å². The summed E-state index contributed by atoms with van der Waals surface area (Å²) >= 11 is 0. The van der Waals surface area contributed by atoms with E-state index in [4.69, 9.17) is 4.98 Å². The monoisotopic (exact) mass is 307 g/mol. The minimum atomic E-state index is 0.483. The van der Waals surface area contributed by atoms with Gasteiger partial charge in [0, 0.05) is 12.1 Å². The first kappa shape index (κ1) is 16.2. The van der Waals surface area contributed by atoms with E-state index in [2.05, 4.69) is 50.2 Å². The highest BCUT2D eigenvalue weighted by atomic mass is 14.7. The quantitative estimate of drug-likeness (QED) is 0.645. The second-order valence-electron chi connectivity index (χ2n) is 6.92. The molecule has 0 amide bonds. The molecule has 1 aromatic carbocycles. The summed E-state index contributed by atoms with van der Waals surface area (Å²) in [5.41, 5.74) is 5.89. The van der Waals surface area contributed by atoms with Crippen molar-refractivity contribution in [2.45, 2.75) is 64.7 Å². The number of aryl methyl sites for hydroxylation is 2. The maximum atomic E-state index is 4.87. The van der Waals surface area contributed by atoms with E-state index in [1.165, 1.54) is 48.9 Å². The van der Waals surface area contributed by atoms with E-state index in [0.717, 1.165) is 12.8 Å². The van der Waals surface area contributed by atoms with E-state index >= 15 is 0 Å². The Bertz CT molecular complexity index is 584. The van der Waals surface area contributed by atoms with Crippen LogP contribution in [0.2, 0.25) is 0 Å². The van der Waals surface area contributed by atoms with Crippen molar-refractivity contribution in [2.24, 2.45) is 5.92 Å². The molecule has 122 valence electrons. The predicted molar refractivity (Wildman–Crippen MR) is 97.9 cm³/mol.